The van der Waals surface area contributed by atoms with Gasteiger partial charge in [-0.2, -0.15) is 0 Å². The molecular formula is C25H29N5O2S. The predicted molar refractivity (Wildman–Crippen MR) is 134 cm³/mol. The van der Waals surface area contributed by atoms with Crippen LogP contribution in [0.1, 0.15) is 29.4 Å². The molecule has 0 saturated heterocycles. The maximum absolute atomic E-state index is 12.6. The van der Waals surface area contributed by atoms with Crippen LogP contribution in [-0.2, 0) is 29.0 Å². The molecule has 0 saturated carbocycles. The lowest BCUT2D eigenvalue weighted by Crippen LogP contribution is -2.18. The van der Waals surface area contributed by atoms with Gasteiger partial charge in [-0.25, -0.2) is 0 Å². The number of aryl methyl sites for hydroxylation is 3. The Hall–Kier alpha value is -3.39. The molecule has 172 valence electrons. The molecule has 2 N–H and O–H groups in total. The minimum Gasteiger partial charge on any atom is -0.326 e. The molecule has 0 aliphatic rings. The van der Waals surface area contributed by atoms with E-state index in [0.29, 0.717) is 17.5 Å². The third-order valence-electron chi connectivity index (χ3n) is 5.19. The van der Waals surface area contributed by atoms with Crippen LogP contribution in [0.2, 0.25) is 0 Å². The zero-order valence-electron chi connectivity index (χ0n) is 19.2. The van der Waals surface area contributed by atoms with Crippen molar-refractivity contribution in [3.8, 4) is 0 Å². The van der Waals surface area contributed by atoms with Gasteiger partial charge in [0.25, 0.3) is 0 Å². The van der Waals surface area contributed by atoms with Crippen molar-refractivity contribution >= 4 is 35.0 Å². The first-order valence-electron chi connectivity index (χ1n) is 10.8. The van der Waals surface area contributed by atoms with Gasteiger partial charge in [0.2, 0.25) is 11.8 Å². The Labute approximate surface area is 198 Å². The molecule has 0 bridgehead atoms. The van der Waals surface area contributed by atoms with Gasteiger partial charge in [0, 0.05) is 17.9 Å². The number of carbonyl (C=O) groups excluding carboxylic acids is 2. The van der Waals surface area contributed by atoms with Crippen LogP contribution < -0.4 is 10.6 Å². The average molecular weight is 464 g/mol. The zero-order valence-corrected chi connectivity index (χ0v) is 20.0. The summed E-state index contributed by atoms with van der Waals surface area (Å²) in [6, 6.07) is 13.6. The van der Waals surface area contributed by atoms with Gasteiger partial charge in [0.15, 0.2) is 5.16 Å². The lowest BCUT2D eigenvalue weighted by molar-refractivity contribution is -0.116. The van der Waals surface area contributed by atoms with Crippen LogP contribution in [0.5, 0.6) is 0 Å². The van der Waals surface area contributed by atoms with E-state index >= 15 is 0 Å². The van der Waals surface area contributed by atoms with Crippen molar-refractivity contribution in [1.82, 2.24) is 14.8 Å². The normalized spacial score (nSPS) is 10.6. The van der Waals surface area contributed by atoms with Crippen molar-refractivity contribution < 1.29 is 9.59 Å². The molecule has 0 unspecified atom stereocenters. The van der Waals surface area contributed by atoms with E-state index in [4.69, 9.17) is 0 Å². The lowest BCUT2D eigenvalue weighted by Gasteiger charge is -2.10. The van der Waals surface area contributed by atoms with Crippen LogP contribution >= 0.6 is 11.8 Å². The molecule has 3 rings (SSSR count). The summed E-state index contributed by atoms with van der Waals surface area (Å²) in [6.45, 7) is 10.4. The highest BCUT2D eigenvalue weighted by molar-refractivity contribution is 7.99. The standard InChI is InChI=1S/C25H29N5O2S/c1-5-13-30-22(15-23(31)27-21-10-7-17(3)18(4)14-21)28-29-25(30)33-16-24(32)26-20-11-8-19(6-2)9-12-20/h5,7-12,14H,1,6,13,15-16H2,2-4H3,(H,26,32)(H,27,31). The Morgan fingerprint density at radius 3 is 2.36 bits per heavy atom. The molecule has 0 fully saturated rings. The van der Waals surface area contributed by atoms with Gasteiger partial charge < -0.3 is 15.2 Å². The molecule has 1 aromatic heterocycles. The number of nitrogens with one attached hydrogen (secondary N) is 2. The monoisotopic (exact) mass is 463 g/mol. The van der Waals surface area contributed by atoms with Gasteiger partial charge in [-0.05, 0) is 61.2 Å². The first-order chi connectivity index (χ1) is 15.9. The molecule has 2 aromatic carbocycles. The van der Waals surface area contributed by atoms with Crippen LogP contribution in [0.3, 0.4) is 0 Å². The Kier molecular flexibility index (Phi) is 8.43. The third-order valence-corrected chi connectivity index (χ3v) is 6.16. The largest absolute Gasteiger partial charge is 0.326 e. The minimum absolute atomic E-state index is 0.0737. The van der Waals surface area contributed by atoms with Gasteiger partial charge in [0.05, 0.1) is 12.2 Å². The van der Waals surface area contributed by atoms with Gasteiger partial charge >= 0.3 is 0 Å². The second-order valence-corrected chi connectivity index (χ2v) is 8.65. The summed E-state index contributed by atoms with van der Waals surface area (Å²) in [5.74, 6) is 0.390. The molecule has 1 heterocycles. The average Bonchev–Trinajstić information content (AvgIpc) is 3.16. The molecule has 8 heteroatoms. The van der Waals surface area contributed by atoms with Crippen LogP contribution in [0.25, 0.3) is 0 Å². The molecule has 7 nitrogen and oxygen atoms in total. The van der Waals surface area contributed by atoms with E-state index in [-0.39, 0.29) is 24.0 Å². The molecule has 0 aliphatic carbocycles. The summed E-state index contributed by atoms with van der Waals surface area (Å²) in [6.07, 6.45) is 2.74. The number of aromatic nitrogens is 3. The summed E-state index contributed by atoms with van der Waals surface area (Å²) in [4.78, 5) is 24.9. The van der Waals surface area contributed by atoms with E-state index in [2.05, 4.69) is 34.3 Å². The SMILES string of the molecule is C=CCn1c(CC(=O)Nc2ccc(C)c(C)c2)nnc1SCC(=O)Nc1ccc(CC)cc1. The number of allylic oxidation sites excluding steroid dienone is 1. The van der Waals surface area contributed by atoms with Gasteiger partial charge in [0.1, 0.15) is 5.82 Å². The summed E-state index contributed by atoms with van der Waals surface area (Å²) < 4.78 is 1.81. The first-order valence-corrected chi connectivity index (χ1v) is 11.8. The van der Waals surface area contributed by atoms with E-state index in [1.165, 1.54) is 22.9 Å². The van der Waals surface area contributed by atoms with E-state index in [1.807, 2.05) is 56.3 Å². The molecule has 33 heavy (non-hydrogen) atoms. The number of hydrogen-bond acceptors (Lipinski definition) is 5. The van der Waals surface area contributed by atoms with Gasteiger partial charge in [-0.1, -0.05) is 43.0 Å². The number of anilines is 2. The summed E-state index contributed by atoms with van der Waals surface area (Å²) in [5.41, 5.74) is 5.00. The molecule has 2 amide bonds. The third kappa shape index (κ3) is 6.79. The second-order valence-electron chi connectivity index (χ2n) is 7.71. The van der Waals surface area contributed by atoms with E-state index < -0.39 is 0 Å². The van der Waals surface area contributed by atoms with Crippen molar-refractivity contribution in [3.63, 3.8) is 0 Å². The van der Waals surface area contributed by atoms with Gasteiger partial charge in [-0.15, -0.1) is 16.8 Å². The molecule has 3 aromatic rings. The Bertz CT molecular complexity index is 1140. The predicted octanol–water partition coefficient (Wildman–Crippen LogP) is 4.56. The molecular weight excluding hydrogens is 434 g/mol. The van der Waals surface area contributed by atoms with Crippen LogP contribution in [0.4, 0.5) is 11.4 Å². The smallest absolute Gasteiger partial charge is 0.234 e. The fourth-order valence-corrected chi connectivity index (χ4v) is 3.95. The zero-order chi connectivity index (χ0) is 23.8. The number of benzene rings is 2. The van der Waals surface area contributed by atoms with Crippen LogP contribution in [0.15, 0.2) is 60.3 Å². The quantitative estimate of drug-likeness (QED) is 0.340. The molecule has 0 spiro atoms. The number of hydrogen-bond donors (Lipinski definition) is 2. The van der Waals surface area contributed by atoms with Crippen molar-refractivity contribution in [2.45, 2.75) is 45.3 Å². The summed E-state index contributed by atoms with van der Waals surface area (Å²) in [5, 5.41) is 14.7. The fraction of sp³-hybridized carbons (Fsp3) is 0.280. The summed E-state index contributed by atoms with van der Waals surface area (Å²) in [7, 11) is 0. The highest BCUT2D eigenvalue weighted by Gasteiger charge is 2.16. The number of carbonyl (C=O) groups is 2. The highest BCUT2D eigenvalue weighted by atomic mass is 32.2. The van der Waals surface area contributed by atoms with E-state index in [0.717, 1.165) is 23.4 Å². The van der Waals surface area contributed by atoms with Crippen molar-refractivity contribution in [1.29, 1.82) is 0 Å². The maximum Gasteiger partial charge on any atom is 0.234 e. The second kappa shape index (κ2) is 11.5. The van der Waals surface area contributed by atoms with E-state index in [9.17, 15) is 9.59 Å². The Morgan fingerprint density at radius 1 is 1.00 bits per heavy atom. The number of rotatable bonds is 10. The molecule has 0 aliphatic heterocycles. The highest BCUT2D eigenvalue weighted by Crippen LogP contribution is 2.19. The molecule has 0 atom stereocenters. The van der Waals surface area contributed by atoms with Crippen molar-refractivity contribution in [3.05, 3.63) is 77.6 Å². The van der Waals surface area contributed by atoms with Crippen molar-refractivity contribution in [2.24, 2.45) is 0 Å². The Balaban J connectivity index is 1.60. The van der Waals surface area contributed by atoms with Crippen LogP contribution in [-0.4, -0.2) is 32.3 Å². The van der Waals surface area contributed by atoms with E-state index in [1.54, 1.807) is 10.6 Å². The number of nitrogens with zero attached hydrogens (tertiary/aromatic N) is 3. The number of amides is 2. The van der Waals surface area contributed by atoms with Gasteiger partial charge in [-0.3, -0.25) is 9.59 Å². The molecule has 0 radical (unpaired) electrons. The maximum atomic E-state index is 12.6. The van der Waals surface area contributed by atoms with Crippen molar-refractivity contribution in [2.75, 3.05) is 16.4 Å². The first kappa shape index (κ1) is 24.3. The Morgan fingerprint density at radius 2 is 1.70 bits per heavy atom. The summed E-state index contributed by atoms with van der Waals surface area (Å²) >= 11 is 1.28. The van der Waals surface area contributed by atoms with Crippen LogP contribution in [0, 0.1) is 13.8 Å². The number of thioether (sulfide) groups is 1. The topological polar surface area (TPSA) is 88.9 Å². The lowest BCUT2D eigenvalue weighted by atomic mass is 10.1. The fourth-order valence-electron chi connectivity index (χ4n) is 3.19. The minimum atomic E-state index is -0.180.